The van der Waals surface area contributed by atoms with E-state index in [1.807, 2.05) is 12.1 Å². The molecule has 0 aliphatic rings. The maximum Gasteiger partial charge on any atom is 0.152 e. The van der Waals surface area contributed by atoms with Gasteiger partial charge in [-0.2, -0.15) is 0 Å². The van der Waals surface area contributed by atoms with E-state index >= 15 is 0 Å². The number of carbonyl (C=O) groups is 1. The molecule has 1 aromatic rings. The van der Waals surface area contributed by atoms with Crippen LogP contribution in [0.15, 0.2) is 22.6 Å². The SMILES string of the molecule is CC(=O)C=Cc1ccc(C(C)(C)C)o1. The lowest BCUT2D eigenvalue weighted by Gasteiger charge is -2.13. The molecule has 2 nitrogen and oxygen atoms in total. The summed E-state index contributed by atoms with van der Waals surface area (Å²) in [5, 5.41) is 0. The van der Waals surface area contributed by atoms with Gasteiger partial charge in [-0.05, 0) is 31.2 Å². The molecular formula is C12H16O2. The van der Waals surface area contributed by atoms with Gasteiger partial charge in [-0.3, -0.25) is 4.79 Å². The number of furan rings is 1. The summed E-state index contributed by atoms with van der Waals surface area (Å²) in [4.78, 5) is 10.7. The Kier molecular flexibility index (Phi) is 2.94. The van der Waals surface area contributed by atoms with Gasteiger partial charge < -0.3 is 4.42 Å². The van der Waals surface area contributed by atoms with E-state index in [0.29, 0.717) is 0 Å². The van der Waals surface area contributed by atoms with Gasteiger partial charge in [0.25, 0.3) is 0 Å². The van der Waals surface area contributed by atoms with Crippen molar-refractivity contribution in [3.63, 3.8) is 0 Å². The molecule has 14 heavy (non-hydrogen) atoms. The third kappa shape index (κ3) is 2.87. The first-order valence-electron chi connectivity index (χ1n) is 4.68. The fourth-order valence-corrected chi connectivity index (χ4v) is 1.04. The second kappa shape index (κ2) is 3.82. The van der Waals surface area contributed by atoms with Crippen molar-refractivity contribution >= 4 is 11.9 Å². The molecule has 0 saturated heterocycles. The van der Waals surface area contributed by atoms with E-state index in [1.165, 1.54) is 13.0 Å². The molecule has 0 spiro atoms. The molecule has 2 heteroatoms. The summed E-state index contributed by atoms with van der Waals surface area (Å²) in [6, 6.07) is 3.82. The van der Waals surface area contributed by atoms with Gasteiger partial charge in [0.2, 0.25) is 0 Å². The Balaban J connectivity index is 2.84. The lowest BCUT2D eigenvalue weighted by Crippen LogP contribution is -2.08. The summed E-state index contributed by atoms with van der Waals surface area (Å²) in [5.41, 5.74) is 0.0162. The highest BCUT2D eigenvalue weighted by Gasteiger charge is 2.17. The number of carbonyl (C=O) groups excluding carboxylic acids is 1. The largest absolute Gasteiger partial charge is 0.461 e. The quantitative estimate of drug-likeness (QED) is 0.674. The molecule has 0 unspecified atom stereocenters. The smallest absolute Gasteiger partial charge is 0.152 e. The maximum atomic E-state index is 10.7. The molecule has 0 amide bonds. The van der Waals surface area contributed by atoms with Crippen LogP contribution in [0, 0.1) is 0 Å². The van der Waals surface area contributed by atoms with Crippen LogP contribution in [0.2, 0.25) is 0 Å². The lowest BCUT2D eigenvalue weighted by atomic mass is 9.94. The van der Waals surface area contributed by atoms with Crippen LogP contribution in [0.3, 0.4) is 0 Å². The van der Waals surface area contributed by atoms with E-state index in [2.05, 4.69) is 20.8 Å². The summed E-state index contributed by atoms with van der Waals surface area (Å²) in [5.74, 6) is 1.68. The average Bonchev–Trinajstić information content (AvgIpc) is 2.47. The lowest BCUT2D eigenvalue weighted by molar-refractivity contribution is -0.112. The first-order valence-corrected chi connectivity index (χ1v) is 4.68. The van der Waals surface area contributed by atoms with Crippen LogP contribution in [0.4, 0.5) is 0 Å². The highest BCUT2D eigenvalue weighted by molar-refractivity contribution is 5.91. The van der Waals surface area contributed by atoms with Gasteiger partial charge >= 0.3 is 0 Å². The van der Waals surface area contributed by atoms with Gasteiger partial charge in [0, 0.05) is 5.41 Å². The number of hydrogen-bond acceptors (Lipinski definition) is 2. The van der Waals surface area contributed by atoms with Crippen molar-refractivity contribution in [1.82, 2.24) is 0 Å². The van der Waals surface area contributed by atoms with E-state index in [9.17, 15) is 4.79 Å². The van der Waals surface area contributed by atoms with Crippen molar-refractivity contribution in [1.29, 1.82) is 0 Å². The third-order valence-corrected chi connectivity index (χ3v) is 1.85. The van der Waals surface area contributed by atoms with Crippen molar-refractivity contribution < 1.29 is 9.21 Å². The van der Waals surface area contributed by atoms with Crippen molar-refractivity contribution in [3.05, 3.63) is 29.7 Å². The van der Waals surface area contributed by atoms with Gasteiger partial charge in [-0.15, -0.1) is 0 Å². The molecule has 0 fully saturated rings. The van der Waals surface area contributed by atoms with E-state index in [0.717, 1.165) is 11.5 Å². The summed E-state index contributed by atoms with van der Waals surface area (Å²) in [6.07, 6.45) is 3.20. The average molecular weight is 192 g/mol. The Bertz CT molecular complexity index is 351. The van der Waals surface area contributed by atoms with Gasteiger partial charge in [0.1, 0.15) is 11.5 Å². The molecule has 0 saturated carbocycles. The predicted octanol–water partition coefficient (Wildman–Crippen LogP) is 3.18. The fourth-order valence-electron chi connectivity index (χ4n) is 1.04. The molecule has 0 aliphatic heterocycles. The van der Waals surface area contributed by atoms with Crippen molar-refractivity contribution in [2.24, 2.45) is 0 Å². The van der Waals surface area contributed by atoms with Gasteiger partial charge in [0.05, 0.1) is 0 Å². The number of allylic oxidation sites excluding steroid dienone is 1. The van der Waals surface area contributed by atoms with Crippen LogP contribution in [-0.2, 0) is 10.2 Å². The Labute approximate surface area is 84.6 Å². The van der Waals surface area contributed by atoms with Crippen LogP contribution < -0.4 is 0 Å². The monoisotopic (exact) mass is 192 g/mol. The summed E-state index contributed by atoms with van der Waals surface area (Å²) in [7, 11) is 0. The zero-order valence-corrected chi connectivity index (χ0v) is 9.13. The molecule has 0 atom stereocenters. The second-order valence-corrected chi connectivity index (χ2v) is 4.40. The minimum atomic E-state index is 0.0162. The molecule has 1 heterocycles. The second-order valence-electron chi connectivity index (χ2n) is 4.40. The predicted molar refractivity (Wildman–Crippen MR) is 57.1 cm³/mol. The molecule has 0 radical (unpaired) electrons. The maximum absolute atomic E-state index is 10.7. The van der Waals surface area contributed by atoms with Gasteiger partial charge in [-0.1, -0.05) is 20.8 Å². The molecule has 1 aromatic heterocycles. The van der Waals surface area contributed by atoms with Crippen LogP contribution in [0.5, 0.6) is 0 Å². The topological polar surface area (TPSA) is 30.2 Å². The number of rotatable bonds is 2. The molecule has 0 aliphatic carbocycles. The first kappa shape index (κ1) is 10.8. The summed E-state index contributed by atoms with van der Waals surface area (Å²) >= 11 is 0. The molecular weight excluding hydrogens is 176 g/mol. The minimum absolute atomic E-state index is 0.0162. The Morgan fingerprint density at radius 2 is 2.00 bits per heavy atom. The normalized spacial score (nSPS) is 12.3. The minimum Gasteiger partial charge on any atom is -0.461 e. The summed E-state index contributed by atoms with van der Waals surface area (Å²) < 4.78 is 5.56. The number of ketones is 1. The van der Waals surface area contributed by atoms with Crippen LogP contribution >= 0.6 is 0 Å². The molecule has 0 N–H and O–H groups in total. The van der Waals surface area contributed by atoms with Gasteiger partial charge in [0.15, 0.2) is 5.78 Å². The van der Waals surface area contributed by atoms with Crippen LogP contribution in [-0.4, -0.2) is 5.78 Å². The van der Waals surface area contributed by atoms with Crippen LogP contribution in [0.1, 0.15) is 39.2 Å². The molecule has 1 rings (SSSR count). The standard InChI is InChI=1S/C12H16O2/c1-9(13)5-6-10-7-8-11(14-10)12(2,3)4/h5-8H,1-4H3. The highest BCUT2D eigenvalue weighted by Crippen LogP contribution is 2.24. The Hall–Kier alpha value is -1.31. The number of hydrogen-bond donors (Lipinski definition) is 0. The van der Waals surface area contributed by atoms with Crippen molar-refractivity contribution in [2.45, 2.75) is 33.1 Å². The van der Waals surface area contributed by atoms with Crippen molar-refractivity contribution in [3.8, 4) is 0 Å². The highest BCUT2D eigenvalue weighted by atomic mass is 16.3. The fraction of sp³-hybridized carbons (Fsp3) is 0.417. The summed E-state index contributed by atoms with van der Waals surface area (Å²) in [6.45, 7) is 7.78. The van der Waals surface area contributed by atoms with E-state index in [1.54, 1.807) is 6.08 Å². The molecule has 0 bridgehead atoms. The van der Waals surface area contributed by atoms with E-state index < -0.39 is 0 Å². The van der Waals surface area contributed by atoms with E-state index in [-0.39, 0.29) is 11.2 Å². The Morgan fingerprint density at radius 3 is 2.43 bits per heavy atom. The third-order valence-electron chi connectivity index (χ3n) is 1.85. The zero-order chi connectivity index (χ0) is 10.8. The van der Waals surface area contributed by atoms with Gasteiger partial charge in [-0.25, -0.2) is 0 Å². The van der Waals surface area contributed by atoms with Crippen molar-refractivity contribution in [2.75, 3.05) is 0 Å². The Morgan fingerprint density at radius 1 is 1.36 bits per heavy atom. The van der Waals surface area contributed by atoms with E-state index in [4.69, 9.17) is 4.42 Å². The van der Waals surface area contributed by atoms with Crippen LogP contribution in [0.25, 0.3) is 6.08 Å². The first-order chi connectivity index (χ1) is 6.39. The molecule has 76 valence electrons. The molecule has 0 aromatic carbocycles. The zero-order valence-electron chi connectivity index (χ0n) is 9.13.